The number of esters is 1. The minimum Gasteiger partial charge on any atom is -0.488 e. The van der Waals surface area contributed by atoms with Gasteiger partial charge in [0.2, 0.25) is 0 Å². The van der Waals surface area contributed by atoms with E-state index >= 15 is 0 Å². The van der Waals surface area contributed by atoms with Gasteiger partial charge in [-0.25, -0.2) is 0 Å². The van der Waals surface area contributed by atoms with Gasteiger partial charge in [0.05, 0.1) is 5.41 Å². The number of alkyl halides is 6. The molecule has 33 heavy (non-hydrogen) atoms. The van der Waals surface area contributed by atoms with E-state index in [4.69, 9.17) is 9.29 Å². The Labute approximate surface area is 186 Å². The second-order valence-corrected chi connectivity index (χ2v) is 11.1. The highest BCUT2D eigenvalue weighted by Crippen LogP contribution is 2.64. The first-order valence-electron chi connectivity index (χ1n) is 10.1. The number of hydrogen-bond acceptors (Lipinski definition) is 5. The molecule has 2 unspecified atom stereocenters. The Morgan fingerprint density at radius 1 is 1.03 bits per heavy atom. The Bertz CT molecular complexity index is 939. The minimum atomic E-state index is -6.36. The van der Waals surface area contributed by atoms with E-state index < -0.39 is 50.8 Å². The quantitative estimate of drug-likeness (QED) is 0.177. The third-order valence-corrected chi connectivity index (χ3v) is 7.60. The number of hydrogen-bond donors (Lipinski definition) is 1. The highest BCUT2D eigenvalue weighted by molar-refractivity contribution is 7.85. The highest BCUT2D eigenvalue weighted by Gasteiger charge is 2.77. The molecule has 4 aliphatic rings. The second kappa shape index (κ2) is 7.62. The molecule has 4 bridgehead atoms. The van der Waals surface area contributed by atoms with Gasteiger partial charge in [0.1, 0.15) is 17.1 Å². The summed E-state index contributed by atoms with van der Waals surface area (Å²) < 4.78 is 123. The van der Waals surface area contributed by atoms with Crippen LogP contribution in [0.3, 0.4) is 0 Å². The van der Waals surface area contributed by atoms with Crippen molar-refractivity contribution in [3.63, 3.8) is 0 Å². The van der Waals surface area contributed by atoms with Crippen LogP contribution in [-0.4, -0.2) is 48.2 Å². The lowest BCUT2D eigenvalue weighted by Gasteiger charge is -2.60. The monoisotopic (exact) mass is 506 g/mol. The van der Waals surface area contributed by atoms with Crippen molar-refractivity contribution >= 4 is 16.1 Å². The third kappa shape index (κ3) is 4.62. The lowest BCUT2D eigenvalue weighted by Crippen LogP contribution is -2.66. The first-order chi connectivity index (χ1) is 14.7. The lowest BCUT2D eigenvalue weighted by molar-refractivity contribution is -0.364. The van der Waals surface area contributed by atoms with E-state index in [9.17, 15) is 39.6 Å². The fourth-order valence-electron chi connectivity index (χ4n) is 5.88. The Hall–Kier alpha value is -1.76. The van der Waals surface area contributed by atoms with Crippen molar-refractivity contribution in [2.45, 2.75) is 69.0 Å². The number of allylic oxidation sites excluding steroid dienone is 1. The Balaban J connectivity index is 2.00. The molecule has 0 aromatic carbocycles. The standard InChI is InChI=1S/C20H24F6O6S/c1-11(2)12(3)31-17-7-13-4-14(8-17)6-16(5-13,9-17)15(27)32-18(19(21,22)23,20(24,25)26)10-33(28,29)30/h13-14H,1,3-10H2,2H3,(H,28,29,30). The summed E-state index contributed by atoms with van der Waals surface area (Å²) in [6, 6.07) is 0. The van der Waals surface area contributed by atoms with E-state index in [1.165, 1.54) is 0 Å². The summed E-state index contributed by atoms with van der Waals surface area (Å²) in [5.41, 5.74) is -7.69. The Morgan fingerprint density at radius 3 is 1.91 bits per heavy atom. The Kier molecular flexibility index (Phi) is 5.97. The van der Waals surface area contributed by atoms with Crippen LogP contribution in [0.2, 0.25) is 0 Å². The molecule has 0 spiro atoms. The van der Waals surface area contributed by atoms with Crippen molar-refractivity contribution in [1.29, 1.82) is 0 Å². The summed E-state index contributed by atoms with van der Waals surface area (Å²) >= 11 is 0. The van der Waals surface area contributed by atoms with Gasteiger partial charge in [0.15, 0.2) is 0 Å². The van der Waals surface area contributed by atoms with Crippen LogP contribution in [0.4, 0.5) is 26.3 Å². The van der Waals surface area contributed by atoms with Crippen molar-refractivity contribution in [2.75, 3.05) is 5.75 Å². The van der Waals surface area contributed by atoms with Crippen molar-refractivity contribution in [1.82, 2.24) is 0 Å². The van der Waals surface area contributed by atoms with Crippen LogP contribution < -0.4 is 0 Å². The predicted molar refractivity (Wildman–Crippen MR) is 102 cm³/mol. The molecule has 1 N–H and O–H groups in total. The first kappa shape index (κ1) is 25.9. The van der Waals surface area contributed by atoms with Crippen molar-refractivity contribution < 1.29 is 53.6 Å². The van der Waals surface area contributed by atoms with Gasteiger partial charge in [-0.15, -0.1) is 0 Å². The molecule has 6 nitrogen and oxygen atoms in total. The smallest absolute Gasteiger partial charge is 0.438 e. The van der Waals surface area contributed by atoms with E-state index in [2.05, 4.69) is 17.9 Å². The predicted octanol–water partition coefficient (Wildman–Crippen LogP) is 4.73. The summed E-state index contributed by atoms with van der Waals surface area (Å²) in [7, 11) is -5.85. The van der Waals surface area contributed by atoms with E-state index in [0.717, 1.165) is 0 Å². The summed E-state index contributed by atoms with van der Waals surface area (Å²) in [6.07, 6.45) is -11.4. The number of rotatable bonds is 7. The molecule has 2 atom stereocenters. The van der Waals surface area contributed by atoms with Crippen LogP contribution in [0.15, 0.2) is 24.5 Å². The normalized spacial score (nSPS) is 31.9. The van der Waals surface area contributed by atoms with Gasteiger partial charge in [-0.2, -0.15) is 34.8 Å². The fraction of sp³-hybridized carbons (Fsp3) is 0.750. The van der Waals surface area contributed by atoms with Gasteiger partial charge >= 0.3 is 23.9 Å². The average molecular weight is 506 g/mol. The van der Waals surface area contributed by atoms with Crippen LogP contribution in [0, 0.1) is 17.3 Å². The molecule has 13 heteroatoms. The summed E-state index contributed by atoms with van der Waals surface area (Å²) in [4.78, 5) is 13.1. The molecule has 4 fully saturated rings. The van der Waals surface area contributed by atoms with Gasteiger partial charge < -0.3 is 9.47 Å². The van der Waals surface area contributed by atoms with E-state index in [1.54, 1.807) is 6.92 Å². The van der Waals surface area contributed by atoms with Gasteiger partial charge in [0.25, 0.3) is 10.1 Å². The maximum Gasteiger partial charge on any atom is 0.438 e. The van der Waals surface area contributed by atoms with Crippen LogP contribution >= 0.6 is 0 Å². The summed E-state index contributed by atoms with van der Waals surface area (Å²) in [5.74, 6) is -4.90. The van der Waals surface area contributed by atoms with E-state index in [-0.39, 0.29) is 36.9 Å². The maximum absolute atomic E-state index is 13.7. The molecule has 0 heterocycles. The maximum atomic E-state index is 13.7. The fourth-order valence-corrected chi connectivity index (χ4v) is 6.78. The van der Waals surface area contributed by atoms with Gasteiger partial charge in [-0.05, 0) is 56.4 Å². The zero-order chi connectivity index (χ0) is 25.3. The zero-order valence-electron chi connectivity index (χ0n) is 17.7. The largest absolute Gasteiger partial charge is 0.488 e. The number of halogens is 6. The number of carbonyl (C=O) groups excluding carboxylic acids is 1. The van der Waals surface area contributed by atoms with E-state index in [1.807, 2.05) is 0 Å². The SMILES string of the molecule is C=C(C)C(=C)OC12CC3CC(C1)CC(C(=O)OC(CS(=O)(=O)O)(C(F)(F)F)C(F)(F)F)(C3)C2. The molecule has 188 valence electrons. The molecular weight excluding hydrogens is 482 g/mol. The molecule has 0 radical (unpaired) electrons. The van der Waals surface area contributed by atoms with Gasteiger partial charge in [-0.3, -0.25) is 9.35 Å². The summed E-state index contributed by atoms with van der Waals surface area (Å²) in [6.45, 7) is 9.04. The van der Waals surface area contributed by atoms with E-state index in [0.29, 0.717) is 24.8 Å². The van der Waals surface area contributed by atoms with Crippen molar-refractivity contribution in [3.8, 4) is 0 Å². The van der Waals surface area contributed by atoms with Crippen molar-refractivity contribution in [3.05, 3.63) is 24.5 Å². The number of carbonyl (C=O) groups is 1. The van der Waals surface area contributed by atoms with Crippen LogP contribution in [0.1, 0.15) is 45.4 Å². The Morgan fingerprint density at radius 2 is 1.52 bits per heavy atom. The molecule has 4 aliphatic carbocycles. The molecule has 0 saturated heterocycles. The van der Waals surface area contributed by atoms with Gasteiger partial charge in [0, 0.05) is 6.42 Å². The van der Waals surface area contributed by atoms with Crippen molar-refractivity contribution in [2.24, 2.45) is 17.3 Å². The van der Waals surface area contributed by atoms with Crippen LogP contribution in [0.25, 0.3) is 0 Å². The van der Waals surface area contributed by atoms with Gasteiger partial charge in [-0.1, -0.05) is 13.2 Å². The lowest BCUT2D eigenvalue weighted by atomic mass is 9.48. The molecule has 4 rings (SSSR count). The zero-order valence-corrected chi connectivity index (χ0v) is 18.5. The van der Waals surface area contributed by atoms with Crippen LogP contribution in [0.5, 0.6) is 0 Å². The molecule has 0 aliphatic heterocycles. The molecule has 0 aromatic rings. The minimum absolute atomic E-state index is 0.00927. The molecule has 0 aromatic heterocycles. The third-order valence-electron chi connectivity index (χ3n) is 6.82. The average Bonchev–Trinajstić information content (AvgIpc) is 2.56. The number of ether oxygens (including phenoxy) is 2. The van der Waals surface area contributed by atoms with Crippen LogP contribution in [-0.2, 0) is 24.4 Å². The highest BCUT2D eigenvalue weighted by atomic mass is 32.2. The molecule has 4 saturated carbocycles. The molecular formula is C20H24F6O6S. The topological polar surface area (TPSA) is 89.9 Å². The summed E-state index contributed by atoms with van der Waals surface area (Å²) in [5, 5.41) is 0. The first-order valence-corrected chi connectivity index (χ1v) is 11.7. The second-order valence-electron chi connectivity index (χ2n) is 9.67. The molecule has 0 amide bonds.